The Balaban J connectivity index is 1.50. The second-order valence-corrected chi connectivity index (χ2v) is 14.4. The summed E-state index contributed by atoms with van der Waals surface area (Å²) in [7, 11) is 0. The number of ketones is 2. The Labute approximate surface area is 234 Å². The topological polar surface area (TPSA) is 34.1 Å². The van der Waals surface area contributed by atoms with Crippen molar-refractivity contribution in [3.8, 4) is 0 Å². The van der Waals surface area contributed by atoms with Gasteiger partial charge in [-0.25, -0.2) is 0 Å². The van der Waals surface area contributed by atoms with E-state index >= 15 is 0 Å². The molecule has 2 unspecified atom stereocenters. The van der Waals surface area contributed by atoms with Gasteiger partial charge in [-0.3, -0.25) is 9.59 Å². The van der Waals surface area contributed by atoms with E-state index in [1.807, 2.05) is 60.7 Å². The largest absolute Gasteiger partial charge is 0.292 e. The van der Waals surface area contributed by atoms with Crippen LogP contribution in [0.4, 0.5) is 0 Å². The van der Waals surface area contributed by atoms with Crippen LogP contribution in [0, 0.1) is 0 Å². The lowest BCUT2D eigenvalue weighted by molar-refractivity contribution is 0.0938. The van der Waals surface area contributed by atoms with E-state index in [4.69, 9.17) is 0 Å². The van der Waals surface area contributed by atoms with Gasteiger partial charge in [0.15, 0.2) is 11.6 Å². The number of thioether (sulfide) groups is 2. The average Bonchev–Trinajstić information content (AvgIpc) is 3.68. The molecule has 1 aliphatic carbocycles. The molecule has 0 amide bonds. The van der Waals surface area contributed by atoms with Gasteiger partial charge in [0.25, 0.3) is 0 Å². The molecule has 4 aromatic carbocycles. The van der Waals surface area contributed by atoms with Crippen molar-refractivity contribution in [3.05, 3.63) is 129 Å². The van der Waals surface area contributed by atoms with Crippen LogP contribution in [-0.2, 0) is 9.49 Å². The fourth-order valence-electron chi connectivity index (χ4n) is 6.43. The smallest absolute Gasteiger partial charge is 0.190 e. The Kier molecular flexibility index (Phi) is 4.16. The van der Waals surface area contributed by atoms with E-state index in [9.17, 15) is 9.59 Å². The molecule has 4 heterocycles. The molecule has 38 heavy (non-hydrogen) atoms. The number of thiophene rings is 2. The van der Waals surface area contributed by atoms with E-state index in [1.54, 1.807) is 46.2 Å². The van der Waals surface area contributed by atoms with Crippen molar-refractivity contribution >= 4 is 77.9 Å². The highest BCUT2D eigenvalue weighted by Gasteiger charge is 2.65. The summed E-state index contributed by atoms with van der Waals surface area (Å²) < 4.78 is 0.394. The first-order valence-electron chi connectivity index (χ1n) is 12.4. The highest BCUT2D eigenvalue weighted by Crippen LogP contribution is 2.71. The number of rotatable bonds is 0. The fraction of sp³-hybridized carbons (Fsp3) is 0.0625. The van der Waals surface area contributed by atoms with Crippen LogP contribution in [0.15, 0.2) is 107 Å². The third kappa shape index (κ3) is 2.36. The molecular weight excluding hydrogens is 545 g/mol. The normalized spacial score (nSPS) is 22.8. The number of hydrogen-bond donors (Lipinski definition) is 0. The van der Waals surface area contributed by atoms with Crippen LogP contribution in [0.3, 0.4) is 0 Å². The summed E-state index contributed by atoms with van der Waals surface area (Å²) in [5.74, 6) is 0.247. The van der Waals surface area contributed by atoms with Crippen molar-refractivity contribution in [2.75, 3.05) is 0 Å². The van der Waals surface area contributed by atoms with Crippen LogP contribution in [0.2, 0.25) is 0 Å². The molecule has 2 spiro atoms. The zero-order valence-electron chi connectivity index (χ0n) is 19.7. The summed E-state index contributed by atoms with van der Waals surface area (Å²) in [6, 6.07) is 32.6. The van der Waals surface area contributed by atoms with E-state index in [-0.39, 0.29) is 11.6 Å². The molecule has 2 nitrogen and oxygen atoms in total. The second-order valence-electron chi connectivity index (χ2n) is 9.82. The van der Waals surface area contributed by atoms with E-state index in [0.717, 1.165) is 62.0 Å². The van der Waals surface area contributed by atoms with Crippen LogP contribution < -0.4 is 0 Å². The molecule has 3 aliphatic rings. The van der Waals surface area contributed by atoms with E-state index < -0.39 is 9.49 Å². The molecule has 0 radical (unpaired) electrons. The first-order valence-corrected chi connectivity index (χ1v) is 15.6. The average molecular weight is 561 g/mol. The molecule has 9 rings (SSSR count). The first kappa shape index (κ1) is 21.7. The molecule has 0 bridgehead atoms. The molecule has 2 atom stereocenters. The number of Topliss-reactive ketones (excluding diaryl/α,β-unsaturated/α-hetero) is 2. The zero-order valence-corrected chi connectivity index (χ0v) is 23.0. The van der Waals surface area contributed by atoms with Gasteiger partial charge in [0.2, 0.25) is 0 Å². The lowest BCUT2D eigenvalue weighted by atomic mass is 9.73. The molecule has 0 saturated carbocycles. The SMILES string of the molecule is O=C1c2ccccc2SC12c1sc3ccccc3c1C1(Sc3ccccc3C1=O)c1sc3ccccc3c12. The van der Waals surface area contributed by atoms with Gasteiger partial charge in [-0.1, -0.05) is 96.3 Å². The van der Waals surface area contributed by atoms with Crippen molar-refractivity contribution in [3.63, 3.8) is 0 Å². The molecule has 6 aromatic rings. The number of carbonyl (C=O) groups excluding carboxylic acids is 2. The van der Waals surface area contributed by atoms with Gasteiger partial charge in [0.1, 0.15) is 9.49 Å². The minimum absolute atomic E-state index is 0.124. The summed E-state index contributed by atoms with van der Waals surface area (Å²) in [5.41, 5.74) is 3.56. The van der Waals surface area contributed by atoms with Gasteiger partial charge >= 0.3 is 0 Å². The summed E-state index contributed by atoms with van der Waals surface area (Å²) in [4.78, 5) is 33.5. The molecule has 180 valence electrons. The number of fused-ring (bicyclic) bond motifs is 12. The van der Waals surface area contributed by atoms with Gasteiger partial charge < -0.3 is 0 Å². The second kappa shape index (κ2) is 7.27. The van der Waals surface area contributed by atoms with Gasteiger partial charge in [-0.2, -0.15) is 0 Å². The summed E-state index contributed by atoms with van der Waals surface area (Å²) >= 11 is 6.69. The van der Waals surface area contributed by atoms with Crippen LogP contribution in [0.1, 0.15) is 41.6 Å². The summed E-state index contributed by atoms with van der Waals surface area (Å²) in [5, 5.41) is 2.15. The third-order valence-corrected chi connectivity index (χ3v) is 13.8. The predicted octanol–water partition coefficient (Wildman–Crippen LogP) is 8.89. The van der Waals surface area contributed by atoms with Crippen molar-refractivity contribution in [1.82, 2.24) is 0 Å². The zero-order chi connectivity index (χ0) is 25.2. The minimum atomic E-state index is -0.918. The first-order chi connectivity index (χ1) is 18.6. The van der Waals surface area contributed by atoms with Crippen molar-refractivity contribution < 1.29 is 9.59 Å². The maximum Gasteiger partial charge on any atom is 0.190 e. The van der Waals surface area contributed by atoms with Crippen molar-refractivity contribution in [1.29, 1.82) is 0 Å². The highest BCUT2D eigenvalue weighted by molar-refractivity contribution is 8.02. The monoisotopic (exact) mass is 560 g/mol. The third-order valence-electron chi connectivity index (χ3n) is 7.96. The van der Waals surface area contributed by atoms with Gasteiger partial charge in [0, 0.05) is 51.2 Å². The standard InChI is InChI=1S/C32H16O2S4/c33-27-19-11-3-7-15-23(19)37-31(27)25-17-9-1-5-13-21(17)35-29(25)32(28(34)20-12-4-8-16-24(20)38-32)26-18-10-2-6-14-22(18)36-30(26)31/h1-16H. The Morgan fingerprint density at radius 2 is 0.868 bits per heavy atom. The summed E-state index contributed by atoms with van der Waals surface area (Å²) in [6.45, 7) is 0. The lowest BCUT2D eigenvalue weighted by Crippen LogP contribution is -2.42. The molecule has 0 saturated heterocycles. The number of hydrogen-bond acceptors (Lipinski definition) is 6. The Hall–Kier alpha value is -3.16. The predicted molar refractivity (Wildman–Crippen MR) is 158 cm³/mol. The molecule has 6 heteroatoms. The van der Waals surface area contributed by atoms with Gasteiger partial charge in [0.05, 0.1) is 0 Å². The number of benzene rings is 4. The molecular formula is C32H16O2S4. The highest BCUT2D eigenvalue weighted by atomic mass is 32.2. The van der Waals surface area contributed by atoms with Crippen LogP contribution in [-0.4, -0.2) is 11.6 Å². The fourth-order valence-corrected chi connectivity index (χ4v) is 12.7. The van der Waals surface area contributed by atoms with E-state index in [0.29, 0.717) is 0 Å². The quantitative estimate of drug-likeness (QED) is 0.186. The Morgan fingerprint density at radius 1 is 0.474 bits per heavy atom. The lowest BCUT2D eigenvalue weighted by Gasteiger charge is -2.40. The molecule has 0 fully saturated rings. The van der Waals surface area contributed by atoms with E-state index in [2.05, 4.69) is 36.4 Å². The molecule has 2 aliphatic heterocycles. The Bertz CT molecular complexity index is 1900. The maximum absolute atomic E-state index is 14.7. The number of carbonyl (C=O) groups is 2. The maximum atomic E-state index is 14.7. The van der Waals surface area contributed by atoms with Crippen LogP contribution in [0.25, 0.3) is 20.2 Å². The van der Waals surface area contributed by atoms with Crippen LogP contribution in [0.5, 0.6) is 0 Å². The molecule has 0 N–H and O–H groups in total. The minimum Gasteiger partial charge on any atom is -0.292 e. The van der Waals surface area contributed by atoms with Gasteiger partial charge in [-0.15, -0.1) is 22.7 Å². The van der Waals surface area contributed by atoms with Crippen molar-refractivity contribution in [2.45, 2.75) is 19.3 Å². The van der Waals surface area contributed by atoms with Crippen molar-refractivity contribution in [2.24, 2.45) is 0 Å². The summed E-state index contributed by atoms with van der Waals surface area (Å²) in [6.07, 6.45) is 0. The molecule has 2 aromatic heterocycles. The Morgan fingerprint density at radius 3 is 1.32 bits per heavy atom. The van der Waals surface area contributed by atoms with E-state index in [1.165, 1.54) is 0 Å². The van der Waals surface area contributed by atoms with Gasteiger partial charge in [-0.05, 0) is 35.0 Å². The van der Waals surface area contributed by atoms with Crippen LogP contribution >= 0.6 is 46.2 Å².